The molecule has 34 heavy (non-hydrogen) atoms. The molecule has 0 aliphatic heterocycles. The van der Waals surface area contributed by atoms with E-state index in [0.717, 1.165) is 0 Å². The van der Waals surface area contributed by atoms with Crippen LogP contribution in [0.15, 0.2) is 18.2 Å². The van der Waals surface area contributed by atoms with E-state index in [2.05, 4.69) is 25.6 Å². The van der Waals surface area contributed by atoms with Crippen LogP contribution in [0.3, 0.4) is 0 Å². The highest BCUT2D eigenvalue weighted by atomic mass is 35.5. The van der Waals surface area contributed by atoms with Gasteiger partial charge in [0.15, 0.2) is 18.0 Å². The molecule has 2 aromatic heterocycles. The van der Waals surface area contributed by atoms with Crippen LogP contribution < -0.4 is 15.4 Å². The maximum atomic E-state index is 12.6. The number of nitrogens with one attached hydrogen (secondary N) is 3. The highest BCUT2D eigenvalue weighted by Crippen LogP contribution is 2.35. The van der Waals surface area contributed by atoms with Gasteiger partial charge in [0, 0.05) is 12.0 Å². The molecule has 0 saturated carbocycles. The fraction of sp³-hybridized carbons (Fsp3) is 0.364. The quantitative estimate of drug-likeness (QED) is 0.342. The molecule has 8 nitrogen and oxygen atoms in total. The molecule has 0 saturated heterocycles. The highest BCUT2D eigenvalue weighted by molar-refractivity contribution is 6.39. The fourth-order valence-corrected chi connectivity index (χ4v) is 3.43. The van der Waals surface area contributed by atoms with Crippen molar-refractivity contribution in [2.75, 3.05) is 11.9 Å². The van der Waals surface area contributed by atoms with Gasteiger partial charge in [-0.1, -0.05) is 50.0 Å². The van der Waals surface area contributed by atoms with Gasteiger partial charge in [0.05, 0.1) is 26.8 Å². The van der Waals surface area contributed by atoms with Crippen molar-refractivity contribution in [3.05, 3.63) is 39.4 Å². The van der Waals surface area contributed by atoms with E-state index in [1.807, 2.05) is 0 Å². The van der Waals surface area contributed by atoms with Crippen LogP contribution in [0.2, 0.25) is 10.0 Å². The second kappa shape index (κ2) is 10.1. The van der Waals surface area contributed by atoms with Crippen LogP contribution in [-0.4, -0.2) is 39.7 Å². The SMILES string of the molecule is CC(=O)c1cc2[nH]c(Nc3c(Cl)ccc(CNC(=O)C(C)(C)C)c3Cl)nc2nc1OCC(F)F. The van der Waals surface area contributed by atoms with E-state index >= 15 is 0 Å². The third-order valence-corrected chi connectivity index (χ3v) is 5.45. The Morgan fingerprint density at radius 1 is 1.21 bits per heavy atom. The monoisotopic (exact) mass is 513 g/mol. The summed E-state index contributed by atoms with van der Waals surface area (Å²) in [6, 6.07) is 4.75. The summed E-state index contributed by atoms with van der Waals surface area (Å²) in [6.45, 7) is 5.96. The number of alkyl halides is 2. The Hall–Kier alpha value is -2.98. The van der Waals surface area contributed by atoms with Crippen molar-refractivity contribution >= 4 is 57.7 Å². The number of carbonyl (C=O) groups is 2. The second-order valence-electron chi connectivity index (χ2n) is 8.51. The number of ether oxygens (including phenoxy) is 1. The number of hydrogen-bond acceptors (Lipinski definition) is 6. The zero-order valence-corrected chi connectivity index (χ0v) is 20.4. The van der Waals surface area contributed by atoms with Crippen molar-refractivity contribution < 1.29 is 23.1 Å². The van der Waals surface area contributed by atoms with Crippen LogP contribution in [-0.2, 0) is 11.3 Å². The number of pyridine rings is 1. The molecule has 182 valence electrons. The van der Waals surface area contributed by atoms with Crippen LogP contribution in [0.1, 0.15) is 43.6 Å². The molecule has 1 aromatic carbocycles. The molecule has 12 heteroatoms. The van der Waals surface area contributed by atoms with Gasteiger partial charge in [-0.15, -0.1) is 0 Å². The summed E-state index contributed by atoms with van der Waals surface area (Å²) in [7, 11) is 0. The number of amides is 1. The van der Waals surface area contributed by atoms with Gasteiger partial charge in [-0.25, -0.2) is 8.78 Å². The number of hydrogen-bond donors (Lipinski definition) is 3. The molecule has 0 bridgehead atoms. The lowest BCUT2D eigenvalue weighted by atomic mass is 9.95. The Morgan fingerprint density at radius 2 is 1.91 bits per heavy atom. The summed E-state index contributed by atoms with van der Waals surface area (Å²) in [5, 5.41) is 6.38. The highest BCUT2D eigenvalue weighted by Gasteiger charge is 2.22. The summed E-state index contributed by atoms with van der Waals surface area (Å²) in [5.74, 6) is -0.574. The minimum Gasteiger partial charge on any atom is -0.471 e. The lowest BCUT2D eigenvalue weighted by Crippen LogP contribution is -2.34. The molecule has 0 atom stereocenters. The number of fused-ring (bicyclic) bond motifs is 1. The van der Waals surface area contributed by atoms with Gasteiger partial charge in [-0.05, 0) is 24.6 Å². The predicted molar refractivity (Wildman–Crippen MR) is 126 cm³/mol. The van der Waals surface area contributed by atoms with Crippen molar-refractivity contribution in [1.82, 2.24) is 20.3 Å². The molecule has 0 radical (unpaired) electrons. The molecule has 3 rings (SSSR count). The van der Waals surface area contributed by atoms with Gasteiger partial charge in [-0.2, -0.15) is 9.97 Å². The molecule has 0 unspecified atom stereocenters. The Kier molecular flexibility index (Phi) is 7.62. The number of Topliss-reactive ketones (excluding diaryl/α,β-unsaturated/α-hetero) is 1. The van der Waals surface area contributed by atoms with Crippen molar-refractivity contribution in [1.29, 1.82) is 0 Å². The Bertz CT molecular complexity index is 1240. The minimum absolute atomic E-state index is 0.0380. The minimum atomic E-state index is -2.72. The standard InChI is InChI=1S/C22H23Cl2F2N5O3/c1-10(32)12-7-14-18(30-19(12)34-9-15(25)26)31-21(28-14)29-17-13(23)6-5-11(16(17)24)8-27-20(33)22(2,3)4/h5-7,15H,8-9H2,1-4H3,(H,27,33)(H2,28,29,30,31). The predicted octanol–water partition coefficient (Wildman–Crippen LogP) is 5.52. The maximum Gasteiger partial charge on any atom is 0.272 e. The Balaban J connectivity index is 1.90. The molecule has 3 aromatic rings. The third kappa shape index (κ3) is 5.92. The van der Waals surface area contributed by atoms with E-state index in [1.54, 1.807) is 32.9 Å². The van der Waals surface area contributed by atoms with E-state index in [9.17, 15) is 18.4 Å². The lowest BCUT2D eigenvalue weighted by molar-refractivity contribution is -0.128. The molecule has 0 aliphatic rings. The summed E-state index contributed by atoms with van der Waals surface area (Å²) in [5.41, 5.74) is 0.956. The van der Waals surface area contributed by atoms with Crippen LogP contribution in [0.4, 0.5) is 20.4 Å². The van der Waals surface area contributed by atoms with Crippen molar-refractivity contribution in [2.24, 2.45) is 5.41 Å². The van der Waals surface area contributed by atoms with Gasteiger partial charge < -0.3 is 20.4 Å². The van der Waals surface area contributed by atoms with E-state index in [0.29, 0.717) is 21.8 Å². The van der Waals surface area contributed by atoms with Crippen LogP contribution in [0.5, 0.6) is 5.88 Å². The summed E-state index contributed by atoms with van der Waals surface area (Å²) in [4.78, 5) is 35.4. The zero-order chi connectivity index (χ0) is 25.2. The summed E-state index contributed by atoms with van der Waals surface area (Å²) in [6.07, 6.45) is -2.72. The van der Waals surface area contributed by atoms with Gasteiger partial charge >= 0.3 is 0 Å². The van der Waals surface area contributed by atoms with Gasteiger partial charge in [0.1, 0.15) is 0 Å². The molecular weight excluding hydrogens is 491 g/mol. The molecule has 0 fully saturated rings. The lowest BCUT2D eigenvalue weighted by Gasteiger charge is -2.18. The Labute approximate surface area is 204 Å². The largest absolute Gasteiger partial charge is 0.471 e. The molecular formula is C22H23Cl2F2N5O3. The van der Waals surface area contributed by atoms with Crippen LogP contribution >= 0.6 is 23.2 Å². The normalized spacial score (nSPS) is 11.7. The first kappa shape index (κ1) is 25.6. The van der Waals surface area contributed by atoms with Crippen molar-refractivity contribution in [2.45, 2.75) is 40.7 Å². The maximum absolute atomic E-state index is 12.6. The number of aromatic amines is 1. The summed E-state index contributed by atoms with van der Waals surface area (Å²) < 4.78 is 30.1. The smallest absolute Gasteiger partial charge is 0.272 e. The molecule has 3 N–H and O–H groups in total. The number of nitrogens with zero attached hydrogens (tertiary/aromatic N) is 2. The number of rotatable bonds is 8. The Morgan fingerprint density at radius 3 is 2.53 bits per heavy atom. The van der Waals surface area contributed by atoms with E-state index in [4.69, 9.17) is 27.9 Å². The molecule has 2 heterocycles. The van der Waals surface area contributed by atoms with Gasteiger partial charge in [0.2, 0.25) is 17.7 Å². The van der Waals surface area contributed by atoms with Crippen molar-refractivity contribution in [3.63, 3.8) is 0 Å². The number of anilines is 2. The third-order valence-electron chi connectivity index (χ3n) is 4.70. The number of ketones is 1. The zero-order valence-electron chi connectivity index (χ0n) is 18.9. The average Bonchev–Trinajstić information content (AvgIpc) is 3.14. The number of benzene rings is 1. The van der Waals surface area contributed by atoms with Gasteiger partial charge in [0.25, 0.3) is 6.43 Å². The van der Waals surface area contributed by atoms with Crippen LogP contribution in [0, 0.1) is 5.41 Å². The first-order valence-electron chi connectivity index (χ1n) is 10.2. The van der Waals surface area contributed by atoms with Crippen LogP contribution in [0.25, 0.3) is 11.2 Å². The first-order valence-corrected chi connectivity index (χ1v) is 11.0. The number of aromatic nitrogens is 3. The molecule has 1 amide bonds. The molecule has 0 spiro atoms. The van der Waals surface area contributed by atoms with Gasteiger partial charge in [-0.3, -0.25) is 9.59 Å². The summed E-state index contributed by atoms with van der Waals surface area (Å²) >= 11 is 12.9. The first-order chi connectivity index (χ1) is 15.9. The van der Waals surface area contributed by atoms with E-state index in [1.165, 1.54) is 13.0 Å². The fourth-order valence-electron chi connectivity index (χ4n) is 2.90. The van der Waals surface area contributed by atoms with Crippen molar-refractivity contribution in [3.8, 4) is 5.88 Å². The van der Waals surface area contributed by atoms with E-state index in [-0.39, 0.29) is 40.5 Å². The topological polar surface area (TPSA) is 109 Å². The number of carbonyl (C=O) groups excluding carboxylic acids is 2. The number of imidazole rings is 1. The second-order valence-corrected chi connectivity index (χ2v) is 9.29. The molecule has 0 aliphatic carbocycles. The number of H-pyrrole nitrogens is 1. The average molecular weight is 514 g/mol. The number of halogens is 4. The van der Waals surface area contributed by atoms with E-state index < -0.39 is 24.2 Å².